The summed E-state index contributed by atoms with van der Waals surface area (Å²) in [6.07, 6.45) is 3.01. The molecule has 0 spiro atoms. The Bertz CT molecular complexity index is 952. The molecule has 2 aromatic carbocycles. The second kappa shape index (κ2) is 9.64. The number of hydrogen-bond acceptors (Lipinski definition) is 5. The molecule has 0 fully saturated rings. The van der Waals surface area contributed by atoms with Crippen LogP contribution >= 0.6 is 0 Å². The molecule has 0 bridgehead atoms. The topological polar surface area (TPSA) is 82.3 Å². The molecule has 1 atom stereocenters. The first-order valence-corrected chi connectivity index (χ1v) is 9.53. The van der Waals surface area contributed by atoms with Crippen LogP contribution in [0.15, 0.2) is 72.9 Å². The number of carbonyl (C=O) groups excluding carboxylic acids is 2. The Labute approximate surface area is 170 Å². The van der Waals surface area contributed by atoms with Gasteiger partial charge in [-0.2, -0.15) is 0 Å². The Morgan fingerprint density at radius 1 is 1.00 bits per heavy atom. The standard InChI is InChI=1S/C24H24N2O3/c1-29-24(28)20(8-7-17-5-3-2-4-6-17)15-23(27)19-11-9-18(10-12-19)22-14-13-21(25)16-26-22/h2-6,9-14,16,20H,7-8,15,25H2,1H3. The smallest absolute Gasteiger partial charge is 0.309 e. The average molecular weight is 388 g/mol. The minimum atomic E-state index is -0.467. The first-order chi connectivity index (χ1) is 14.1. The number of nitrogens with two attached hydrogens (primary N) is 1. The van der Waals surface area contributed by atoms with Crippen molar-refractivity contribution in [1.82, 2.24) is 4.98 Å². The molecule has 0 amide bonds. The molecule has 0 saturated heterocycles. The molecule has 2 N–H and O–H groups in total. The first-order valence-electron chi connectivity index (χ1n) is 9.53. The van der Waals surface area contributed by atoms with Crippen LogP contribution in [0.2, 0.25) is 0 Å². The molecule has 1 unspecified atom stereocenters. The lowest BCUT2D eigenvalue weighted by Crippen LogP contribution is -2.20. The number of Topliss-reactive ketones (excluding diaryl/α,β-unsaturated/α-hetero) is 1. The second-order valence-corrected chi connectivity index (χ2v) is 6.93. The maximum absolute atomic E-state index is 12.7. The SMILES string of the molecule is COC(=O)C(CCc1ccccc1)CC(=O)c1ccc(-c2ccc(N)cn2)cc1. The fraction of sp³-hybridized carbons (Fsp3) is 0.208. The van der Waals surface area contributed by atoms with Crippen molar-refractivity contribution >= 4 is 17.4 Å². The molecule has 0 aliphatic rings. The third-order valence-electron chi connectivity index (χ3n) is 4.88. The van der Waals surface area contributed by atoms with E-state index in [4.69, 9.17) is 10.5 Å². The van der Waals surface area contributed by atoms with Crippen LogP contribution in [0.1, 0.15) is 28.8 Å². The summed E-state index contributed by atoms with van der Waals surface area (Å²) in [5.41, 5.74) is 9.65. The van der Waals surface area contributed by atoms with Gasteiger partial charge in [-0.3, -0.25) is 14.6 Å². The summed E-state index contributed by atoms with van der Waals surface area (Å²) in [7, 11) is 1.36. The van der Waals surface area contributed by atoms with E-state index in [0.717, 1.165) is 23.2 Å². The predicted molar refractivity (Wildman–Crippen MR) is 113 cm³/mol. The molecule has 0 saturated carbocycles. The van der Waals surface area contributed by atoms with E-state index in [1.54, 1.807) is 24.4 Å². The summed E-state index contributed by atoms with van der Waals surface area (Å²) < 4.78 is 4.91. The van der Waals surface area contributed by atoms with Gasteiger partial charge in [-0.05, 0) is 30.5 Å². The number of anilines is 1. The number of rotatable bonds is 8. The number of nitrogens with zero attached hydrogens (tertiary/aromatic N) is 1. The second-order valence-electron chi connectivity index (χ2n) is 6.93. The predicted octanol–water partition coefficient (Wildman–Crippen LogP) is 4.33. The van der Waals surface area contributed by atoms with E-state index in [2.05, 4.69) is 4.98 Å². The number of ketones is 1. The van der Waals surface area contributed by atoms with Crippen molar-refractivity contribution in [3.63, 3.8) is 0 Å². The van der Waals surface area contributed by atoms with Gasteiger partial charge in [0, 0.05) is 17.5 Å². The summed E-state index contributed by atoms with van der Waals surface area (Å²) in [4.78, 5) is 29.2. The molecule has 29 heavy (non-hydrogen) atoms. The lowest BCUT2D eigenvalue weighted by Gasteiger charge is -2.14. The summed E-state index contributed by atoms with van der Waals surface area (Å²) in [5, 5.41) is 0. The Morgan fingerprint density at radius 2 is 1.72 bits per heavy atom. The van der Waals surface area contributed by atoms with Crippen molar-refractivity contribution in [2.24, 2.45) is 5.92 Å². The summed E-state index contributed by atoms with van der Waals surface area (Å²) >= 11 is 0. The minimum Gasteiger partial charge on any atom is -0.469 e. The maximum atomic E-state index is 12.7. The van der Waals surface area contributed by atoms with Gasteiger partial charge in [0.25, 0.3) is 0 Å². The number of benzene rings is 2. The van der Waals surface area contributed by atoms with Crippen LogP contribution in [0.4, 0.5) is 5.69 Å². The van der Waals surface area contributed by atoms with Gasteiger partial charge < -0.3 is 10.5 Å². The van der Waals surface area contributed by atoms with Crippen molar-refractivity contribution in [1.29, 1.82) is 0 Å². The van der Waals surface area contributed by atoms with Crippen molar-refractivity contribution in [2.75, 3.05) is 12.8 Å². The highest BCUT2D eigenvalue weighted by Gasteiger charge is 2.23. The Morgan fingerprint density at radius 3 is 2.34 bits per heavy atom. The maximum Gasteiger partial charge on any atom is 0.309 e. The van der Waals surface area contributed by atoms with E-state index in [9.17, 15) is 9.59 Å². The van der Waals surface area contributed by atoms with Crippen LogP contribution in [0.25, 0.3) is 11.3 Å². The van der Waals surface area contributed by atoms with E-state index < -0.39 is 5.92 Å². The largest absolute Gasteiger partial charge is 0.469 e. The number of ether oxygens (including phenoxy) is 1. The molecule has 5 heteroatoms. The summed E-state index contributed by atoms with van der Waals surface area (Å²) in [5.74, 6) is -0.895. The van der Waals surface area contributed by atoms with Gasteiger partial charge in [0.2, 0.25) is 0 Å². The monoisotopic (exact) mass is 388 g/mol. The number of aryl methyl sites for hydroxylation is 1. The molecule has 3 aromatic rings. The van der Waals surface area contributed by atoms with E-state index >= 15 is 0 Å². The fourth-order valence-electron chi connectivity index (χ4n) is 3.20. The van der Waals surface area contributed by atoms with Crippen LogP contribution in [-0.2, 0) is 16.0 Å². The third kappa shape index (κ3) is 5.51. The molecule has 0 aliphatic carbocycles. The van der Waals surface area contributed by atoms with E-state index in [-0.39, 0.29) is 18.2 Å². The number of aromatic nitrogens is 1. The number of carbonyl (C=O) groups is 2. The summed E-state index contributed by atoms with van der Waals surface area (Å²) in [6, 6.07) is 20.8. The molecule has 0 radical (unpaired) electrons. The number of pyridine rings is 1. The van der Waals surface area contributed by atoms with E-state index in [1.165, 1.54) is 7.11 Å². The Balaban J connectivity index is 1.66. The van der Waals surface area contributed by atoms with Crippen LogP contribution < -0.4 is 5.73 Å². The first kappa shape index (κ1) is 20.3. The Kier molecular flexibility index (Phi) is 6.74. The zero-order valence-electron chi connectivity index (χ0n) is 16.4. The number of hydrogen-bond donors (Lipinski definition) is 1. The van der Waals surface area contributed by atoms with Gasteiger partial charge in [-0.25, -0.2) is 0 Å². The van der Waals surface area contributed by atoms with Crippen LogP contribution in [-0.4, -0.2) is 23.8 Å². The number of methoxy groups -OCH3 is 1. The minimum absolute atomic E-state index is 0.0784. The van der Waals surface area contributed by atoms with Gasteiger partial charge >= 0.3 is 5.97 Å². The summed E-state index contributed by atoms with van der Waals surface area (Å²) in [6.45, 7) is 0. The van der Waals surface area contributed by atoms with E-state index in [1.807, 2.05) is 48.5 Å². The molecule has 0 aliphatic heterocycles. The third-order valence-corrected chi connectivity index (χ3v) is 4.88. The van der Waals surface area contributed by atoms with Gasteiger partial charge in [0.15, 0.2) is 5.78 Å². The Hall–Kier alpha value is -3.47. The van der Waals surface area contributed by atoms with Crippen LogP contribution in [0.5, 0.6) is 0 Å². The average Bonchev–Trinajstić information content (AvgIpc) is 2.77. The lowest BCUT2D eigenvalue weighted by atomic mass is 9.92. The number of esters is 1. The van der Waals surface area contributed by atoms with Crippen molar-refractivity contribution in [3.05, 3.63) is 84.1 Å². The zero-order chi connectivity index (χ0) is 20.6. The van der Waals surface area contributed by atoms with Crippen LogP contribution in [0, 0.1) is 5.92 Å². The molecular weight excluding hydrogens is 364 g/mol. The van der Waals surface area contributed by atoms with Gasteiger partial charge in [0.05, 0.1) is 30.6 Å². The molecule has 5 nitrogen and oxygen atoms in total. The van der Waals surface area contributed by atoms with Crippen LogP contribution in [0.3, 0.4) is 0 Å². The molecule has 148 valence electrons. The molecule has 1 aromatic heterocycles. The van der Waals surface area contributed by atoms with Gasteiger partial charge in [-0.15, -0.1) is 0 Å². The van der Waals surface area contributed by atoms with Gasteiger partial charge in [0.1, 0.15) is 0 Å². The van der Waals surface area contributed by atoms with Gasteiger partial charge in [-0.1, -0.05) is 54.6 Å². The molecule has 3 rings (SSSR count). The quantitative estimate of drug-likeness (QED) is 0.459. The number of nitrogen functional groups attached to an aromatic ring is 1. The van der Waals surface area contributed by atoms with Crippen molar-refractivity contribution < 1.29 is 14.3 Å². The zero-order valence-corrected chi connectivity index (χ0v) is 16.4. The lowest BCUT2D eigenvalue weighted by molar-refractivity contribution is -0.145. The van der Waals surface area contributed by atoms with E-state index in [0.29, 0.717) is 17.7 Å². The molecule has 1 heterocycles. The highest BCUT2D eigenvalue weighted by molar-refractivity contribution is 5.98. The fourth-order valence-corrected chi connectivity index (χ4v) is 3.20. The van der Waals surface area contributed by atoms with Crippen molar-refractivity contribution in [3.8, 4) is 11.3 Å². The highest BCUT2D eigenvalue weighted by Crippen LogP contribution is 2.21. The highest BCUT2D eigenvalue weighted by atomic mass is 16.5. The van der Waals surface area contributed by atoms with Crippen molar-refractivity contribution in [2.45, 2.75) is 19.3 Å². The molecular formula is C24H24N2O3. The normalized spacial score (nSPS) is 11.6.